The lowest BCUT2D eigenvalue weighted by Crippen LogP contribution is -2.03. The van der Waals surface area contributed by atoms with Crippen LogP contribution in [0.1, 0.15) is 16.7 Å². The van der Waals surface area contributed by atoms with Gasteiger partial charge in [0.15, 0.2) is 0 Å². The topological polar surface area (TPSA) is 49.3 Å². The minimum atomic E-state index is -0.157. The van der Waals surface area contributed by atoms with Crippen LogP contribution in [0.15, 0.2) is 34.8 Å². The van der Waals surface area contributed by atoms with Gasteiger partial charge < -0.3 is 10.4 Å². The zero-order valence-electron chi connectivity index (χ0n) is 11.1. The van der Waals surface area contributed by atoms with Crippen molar-refractivity contribution in [2.24, 2.45) is 0 Å². The Hall–Kier alpha value is -1.78. The molecule has 5 heteroatoms. The van der Waals surface area contributed by atoms with Crippen molar-refractivity contribution in [3.05, 3.63) is 56.5 Å². The van der Waals surface area contributed by atoms with Crippen molar-refractivity contribution in [1.29, 1.82) is 0 Å². The lowest BCUT2D eigenvalue weighted by atomic mass is 9.99. The van der Waals surface area contributed by atoms with Gasteiger partial charge in [-0.25, -0.2) is 0 Å². The summed E-state index contributed by atoms with van der Waals surface area (Å²) in [6.45, 7) is 1.95. The van der Waals surface area contributed by atoms with E-state index in [9.17, 15) is 9.90 Å². The highest BCUT2D eigenvalue weighted by Gasteiger charge is 2.26. The first-order valence-electron chi connectivity index (χ1n) is 6.28. The fraction of sp³-hybridized carbons (Fsp3) is 0.0625. The third-order valence-electron chi connectivity index (χ3n) is 3.44. The minimum Gasteiger partial charge on any atom is -0.508 e. The third-order valence-corrected chi connectivity index (χ3v) is 4.63. The van der Waals surface area contributed by atoms with Gasteiger partial charge in [0.05, 0.1) is 5.02 Å². The number of carbonyl (C=O) groups excluding carboxylic acids is 1. The fourth-order valence-corrected chi connectivity index (χ4v) is 2.93. The number of carbonyl (C=O) groups is 1. The molecule has 2 aromatic rings. The SMILES string of the molecule is Cc1c(Br)ccc2c1C(=Cc1ccc(O)cc1Cl)C(=O)N2. The van der Waals surface area contributed by atoms with Gasteiger partial charge in [0.2, 0.25) is 0 Å². The van der Waals surface area contributed by atoms with E-state index in [0.717, 1.165) is 21.3 Å². The second kappa shape index (κ2) is 5.20. The van der Waals surface area contributed by atoms with Gasteiger partial charge in [-0.3, -0.25) is 4.79 Å². The van der Waals surface area contributed by atoms with E-state index >= 15 is 0 Å². The molecule has 0 saturated carbocycles. The van der Waals surface area contributed by atoms with Gasteiger partial charge in [-0.2, -0.15) is 0 Å². The Balaban J connectivity index is 2.18. The second-order valence-corrected chi connectivity index (χ2v) is 6.07. The van der Waals surface area contributed by atoms with Crippen LogP contribution < -0.4 is 5.32 Å². The Labute approximate surface area is 135 Å². The Morgan fingerprint density at radius 3 is 2.76 bits per heavy atom. The molecule has 1 aliphatic rings. The van der Waals surface area contributed by atoms with Crippen molar-refractivity contribution < 1.29 is 9.90 Å². The van der Waals surface area contributed by atoms with E-state index in [1.54, 1.807) is 18.2 Å². The predicted octanol–water partition coefficient (Wildman–Crippen LogP) is 4.61. The van der Waals surface area contributed by atoms with Crippen LogP contribution in [0.4, 0.5) is 5.69 Å². The second-order valence-electron chi connectivity index (χ2n) is 4.81. The molecule has 0 bridgehead atoms. The molecule has 2 N–H and O–H groups in total. The van der Waals surface area contributed by atoms with Crippen molar-refractivity contribution >= 4 is 50.8 Å². The summed E-state index contributed by atoms with van der Waals surface area (Å²) in [6, 6.07) is 8.45. The summed E-state index contributed by atoms with van der Waals surface area (Å²) < 4.78 is 0.945. The van der Waals surface area contributed by atoms with E-state index in [1.165, 1.54) is 6.07 Å². The first-order valence-corrected chi connectivity index (χ1v) is 7.45. The minimum absolute atomic E-state index is 0.0948. The normalized spacial score (nSPS) is 15.2. The molecular formula is C16H11BrClNO2. The lowest BCUT2D eigenvalue weighted by Gasteiger charge is -2.06. The Kier molecular flexibility index (Phi) is 3.51. The first-order chi connectivity index (χ1) is 9.97. The van der Waals surface area contributed by atoms with Crippen LogP contribution in [0.5, 0.6) is 5.75 Å². The molecule has 0 aromatic heterocycles. The molecule has 3 nitrogen and oxygen atoms in total. The highest BCUT2D eigenvalue weighted by atomic mass is 79.9. The van der Waals surface area contributed by atoms with E-state index in [2.05, 4.69) is 21.2 Å². The number of hydrogen-bond acceptors (Lipinski definition) is 2. The highest BCUT2D eigenvalue weighted by molar-refractivity contribution is 9.10. The summed E-state index contributed by atoms with van der Waals surface area (Å²) in [4.78, 5) is 12.2. The molecular weight excluding hydrogens is 354 g/mol. The smallest absolute Gasteiger partial charge is 0.256 e. The van der Waals surface area contributed by atoms with Crippen LogP contribution in [0.3, 0.4) is 0 Å². The van der Waals surface area contributed by atoms with Crippen LogP contribution in [-0.2, 0) is 4.79 Å². The van der Waals surface area contributed by atoms with E-state index < -0.39 is 0 Å². The number of anilines is 1. The molecule has 1 amide bonds. The summed E-state index contributed by atoms with van der Waals surface area (Å²) >= 11 is 9.59. The zero-order valence-corrected chi connectivity index (χ0v) is 13.4. The standard InChI is InChI=1S/C16H11BrClNO2/c1-8-12(17)4-5-14-15(8)11(16(21)19-14)6-9-2-3-10(20)7-13(9)18/h2-7,20H,1H3,(H,19,21). The maximum Gasteiger partial charge on any atom is 0.256 e. The van der Waals surface area contributed by atoms with Crippen LogP contribution in [0.25, 0.3) is 11.6 Å². The number of halogens is 2. The fourth-order valence-electron chi connectivity index (χ4n) is 2.37. The first kappa shape index (κ1) is 14.2. The molecule has 0 saturated heterocycles. The number of fused-ring (bicyclic) bond motifs is 1. The van der Waals surface area contributed by atoms with Crippen molar-refractivity contribution in [3.63, 3.8) is 0 Å². The molecule has 1 heterocycles. The molecule has 0 radical (unpaired) electrons. The number of phenols is 1. The molecule has 3 rings (SSSR count). The van der Waals surface area contributed by atoms with Gasteiger partial charge >= 0.3 is 0 Å². The zero-order chi connectivity index (χ0) is 15.1. The molecule has 21 heavy (non-hydrogen) atoms. The van der Waals surface area contributed by atoms with Gasteiger partial charge in [0.25, 0.3) is 5.91 Å². The molecule has 0 unspecified atom stereocenters. The van der Waals surface area contributed by atoms with Gasteiger partial charge in [0, 0.05) is 21.3 Å². The number of phenolic OH excluding ortho intramolecular Hbond substituents is 1. The Morgan fingerprint density at radius 1 is 1.29 bits per heavy atom. The van der Waals surface area contributed by atoms with E-state index in [1.807, 2.05) is 19.1 Å². The number of nitrogens with one attached hydrogen (secondary N) is 1. The number of amides is 1. The van der Waals surface area contributed by atoms with E-state index in [4.69, 9.17) is 11.6 Å². The molecule has 0 spiro atoms. The number of benzene rings is 2. The van der Waals surface area contributed by atoms with Gasteiger partial charge in [-0.15, -0.1) is 0 Å². The Bertz CT molecular complexity index is 799. The van der Waals surface area contributed by atoms with Crippen molar-refractivity contribution in [3.8, 4) is 5.75 Å². The van der Waals surface area contributed by atoms with Crippen molar-refractivity contribution in [2.75, 3.05) is 5.32 Å². The monoisotopic (exact) mass is 363 g/mol. The van der Waals surface area contributed by atoms with Gasteiger partial charge in [0.1, 0.15) is 5.75 Å². The van der Waals surface area contributed by atoms with Crippen LogP contribution in [0, 0.1) is 6.92 Å². The number of hydrogen-bond donors (Lipinski definition) is 2. The van der Waals surface area contributed by atoms with Crippen molar-refractivity contribution in [1.82, 2.24) is 0 Å². The van der Waals surface area contributed by atoms with Crippen molar-refractivity contribution in [2.45, 2.75) is 6.92 Å². The van der Waals surface area contributed by atoms with E-state index in [0.29, 0.717) is 16.2 Å². The Morgan fingerprint density at radius 2 is 2.05 bits per heavy atom. The maximum absolute atomic E-state index is 12.2. The highest BCUT2D eigenvalue weighted by Crippen LogP contribution is 2.39. The van der Waals surface area contributed by atoms with Crippen LogP contribution >= 0.6 is 27.5 Å². The average molecular weight is 365 g/mol. The van der Waals surface area contributed by atoms with E-state index in [-0.39, 0.29) is 11.7 Å². The average Bonchev–Trinajstić information content (AvgIpc) is 2.74. The molecule has 0 aliphatic carbocycles. The summed E-state index contributed by atoms with van der Waals surface area (Å²) in [5.41, 5.74) is 3.91. The third kappa shape index (κ3) is 2.45. The van der Waals surface area contributed by atoms with Gasteiger partial charge in [-0.1, -0.05) is 27.5 Å². The summed E-state index contributed by atoms with van der Waals surface area (Å²) in [6.07, 6.45) is 1.74. The molecule has 0 fully saturated rings. The van der Waals surface area contributed by atoms with Gasteiger partial charge in [-0.05, 0) is 54.5 Å². The largest absolute Gasteiger partial charge is 0.508 e. The molecule has 1 aliphatic heterocycles. The van der Waals surface area contributed by atoms with Crippen LogP contribution in [0.2, 0.25) is 5.02 Å². The maximum atomic E-state index is 12.2. The lowest BCUT2D eigenvalue weighted by molar-refractivity contribution is -0.110. The predicted molar refractivity (Wildman–Crippen MR) is 88.5 cm³/mol. The molecule has 2 aromatic carbocycles. The quantitative estimate of drug-likeness (QED) is 0.726. The number of rotatable bonds is 1. The summed E-state index contributed by atoms with van der Waals surface area (Å²) in [7, 11) is 0. The summed E-state index contributed by atoms with van der Waals surface area (Å²) in [5.74, 6) is -0.0623. The molecule has 106 valence electrons. The molecule has 0 atom stereocenters. The van der Waals surface area contributed by atoms with Crippen LogP contribution in [-0.4, -0.2) is 11.0 Å². The number of aromatic hydroxyl groups is 1. The summed E-state index contributed by atoms with van der Waals surface area (Å²) in [5, 5.41) is 12.6.